The predicted molar refractivity (Wildman–Crippen MR) is 84.1 cm³/mol. The number of phenols is 1. The van der Waals surface area contributed by atoms with Crippen LogP contribution in [0.2, 0.25) is 0 Å². The smallest absolute Gasteiger partial charge is 0.120 e. The van der Waals surface area contributed by atoms with Gasteiger partial charge in [-0.15, -0.1) is 0 Å². The Kier molecular flexibility index (Phi) is 6.29. The highest BCUT2D eigenvalue weighted by Crippen LogP contribution is 2.29. The van der Waals surface area contributed by atoms with Crippen LogP contribution < -0.4 is 5.32 Å². The molecule has 1 saturated heterocycles. The Morgan fingerprint density at radius 1 is 1.40 bits per heavy atom. The van der Waals surface area contributed by atoms with Crippen molar-refractivity contribution in [3.8, 4) is 5.75 Å². The van der Waals surface area contributed by atoms with E-state index in [0.717, 1.165) is 55.8 Å². The second-order valence-electron chi connectivity index (χ2n) is 5.07. The molecule has 1 heterocycles. The van der Waals surface area contributed by atoms with Crippen molar-refractivity contribution in [3.63, 3.8) is 0 Å². The van der Waals surface area contributed by atoms with E-state index in [-0.39, 0.29) is 6.04 Å². The Hall–Kier alpha value is -0.620. The molecular weight excluding hydrogens is 320 g/mol. The summed E-state index contributed by atoms with van der Waals surface area (Å²) < 4.78 is 6.35. The monoisotopic (exact) mass is 342 g/mol. The fourth-order valence-electron chi connectivity index (χ4n) is 2.50. The van der Waals surface area contributed by atoms with Gasteiger partial charge < -0.3 is 15.2 Å². The molecule has 1 aromatic rings. The van der Waals surface area contributed by atoms with Gasteiger partial charge in [-0.05, 0) is 24.6 Å². The molecule has 2 rings (SSSR count). The summed E-state index contributed by atoms with van der Waals surface area (Å²) in [6.45, 7) is 7.78. The van der Waals surface area contributed by atoms with Crippen molar-refractivity contribution in [2.24, 2.45) is 0 Å². The number of phenolic OH excluding ortho intramolecular Hbond substituents is 1. The number of rotatable bonds is 6. The molecule has 0 bridgehead atoms. The van der Waals surface area contributed by atoms with Crippen LogP contribution in [0.25, 0.3) is 0 Å². The molecular formula is C15H23BrN2O2. The molecule has 4 nitrogen and oxygen atoms in total. The van der Waals surface area contributed by atoms with E-state index in [9.17, 15) is 5.11 Å². The summed E-state index contributed by atoms with van der Waals surface area (Å²) in [4.78, 5) is 2.41. The molecule has 0 amide bonds. The van der Waals surface area contributed by atoms with Crippen LogP contribution in [0, 0.1) is 0 Å². The Labute approximate surface area is 129 Å². The quantitative estimate of drug-likeness (QED) is 0.833. The lowest BCUT2D eigenvalue weighted by Crippen LogP contribution is -2.40. The minimum Gasteiger partial charge on any atom is -0.508 e. The van der Waals surface area contributed by atoms with E-state index in [1.54, 1.807) is 6.07 Å². The van der Waals surface area contributed by atoms with Gasteiger partial charge in [0, 0.05) is 42.3 Å². The van der Waals surface area contributed by atoms with Crippen molar-refractivity contribution >= 4 is 15.9 Å². The SMILES string of the molecule is CCC(NCCN1CCOCC1)c1cc(Br)ccc1O. The van der Waals surface area contributed by atoms with Gasteiger partial charge in [-0.25, -0.2) is 0 Å². The number of hydrogen-bond acceptors (Lipinski definition) is 4. The van der Waals surface area contributed by atoms with Crippen molar-refractivity contribution in [1.29, 1.82) is 0 Å². The van der Waals surface area contributed by atoms with Crippen molar-refractivity contribution in [3.05, 3.63) is 28.2 Å². The van der Waals surface area contributed by atoms with Crippen LogP contribution in [0.4, 0.5) is 0 Å². The topological polar surface area (TPSA) is 44.7 Å². The molecule has 112 valence electrons. The fourth-order valence-corrected chi connectivity index (χ4v) is 2.88. The van der Waals surface area contributed by atoms with Crippen molar-refractivity contribution in [1.82, 2.24) is 10.2 Å². The van der Waals surface area contributed by atoms with E-state index < -0.39 is 0 Å². The average Bonchev–Trinajstić information content (AvgIpc) is 2.48. The number of hydrogen-bond donors (Lipinski definition) is 2. The molecule has 0 radical (unpaired) electrons. The fraction of sp³-hybridized carbons (Fsp3) is 0.600. The van der Waals surface area contributed by atoms with E-state index in [1.165, 1.54) is 0 Å². The molecule has 1 aromatic carbocycles. The van der Waals surface area contributed by atoms with Crippen LogP contribution in [0.3, 0.4) is 0 Å². The third-order valence-corrected chi connectivity index (χ3v) is 4.19. The molecule has 20 heavy (non-hydrogen) atoms. The van der Waals surface area contributed by atoms with Gasteiger partial charge in [0.05, 0.1) is 13.2 Å². The normalized spacial score (nSPS) is 18.1. The van der Waals surface area contributed by atoms with Gasteiger partial charge in [0.15, 0.2) is 0 Å². The predicted octanol–water partition coefficient (Wildman–Crippen LogP) is 2.53. The first kappa shape index (κ1) is 15.8. The number of halogens is 1. The zero-order chi connectivity index (χ0) is 14.4. The number of morpholine rings is 1. The Morgan fingerprint density at radius 3 is 2.85 bits per heavy atom. The maximum absolute atomic E-state index is 10.00. The van der Waals surface area contributed by atoms with E-state index in [1.807, 2.05) is 12.1 Å². The van der Waals surface area contributed by atoms with E-state index in [0.29, 0.717) is 5.75 Å². The zero-order valence-electron chi connectivity index (χ0n) is 11.9. The lowest BCUT2D eigenvalue weighted by molar-refractivity contribution is 0.0381. The Balaban J connectivity index is 1.86. The van der Waals surface area contributed by atoms with Gasteiger partial charge in [-0.3, -0.25) is 4.90 Å². The largest absolute Gasteiger partial charge is 0.508 e. The molecule has 1 unspecified atom stereocenters. The zero-order valence-corrected chi connectivity index (χ0v) is 13.5. The minimum atomic E-state index is 0.188. The summed E-state index contributed by atoms with van der Waals surface area (Å²) in [5.41, 5.74) is 0.962. The van der Waals surface area contributed by atoms with Gasteiger partial charge in [0.25, 0.3) is 0 Å². The highest BCUT2D eigenvalue weighted by atomic mass is 79.9. The molecule has 0 aliphatic carbocycles. The van der Waals surface area contributed by atoms with Crippen LogP contribution in [0.15, 0.2) is 22.7 Å². The number of aromatic hydroxyl groups is 1. The van der Waals surface area contributed by atoms with Crippen LogP contribution in [0.1, 0.15) is 24.9 Å². The second kappa shape index (κ2) is 7.98. The average molecular weight is 343 g/mol. The third kappa shape index (κ3) is 4.45. The lowest BCUT2D eigenvalue weighted by Gasteiger charge is -2.27. The van der Waals surface area contributed by atoms with Gasteiger partial charge >= 0.3 is 0 Å². The number of benzene rings is 1. The summed E-state index contributed by atoms with van der Waals surface area (Å²) in [7, 11) is 0. The number of nitrogens with one attached hydrogen (secondary N) is 1. The summed E-state index contributed by atoms with van der Waals surface area (Å²) in [5.74, 6) is 0.360. The molecule has 1 aliphatic heterocycles. The van der Waals surface area contributed by atoms with Crippen LogP contribution in [-0.2, 0) is 4.74 Å². The van der Waals surface area contributed by atoms with E-state index in [4.69, 9.17) is 4.74 Å². The van der Waals surface area contributed by atoms with Crippen molar-refractivity contribution in [2.75, 3.05) is 39.4 Å². The first-order valence-corrected chi connectivity index (χ1v) is 8.02. The second-order valence-corrected chi connectivity index (χ2v) is 5.99. The molecule has 5 heteroatoms. The van der Waals surface area contributed by atoms with Crippen molar-refractivity contribution in [2.45, 2.75) is 19.4 Å². The minimum absolute atomic E-state index is 0.188. The maximum Gasteiger partial charge on any atom is 0.120 e. The van der Waals surface area contributed by atoms with E-state index in [2.05, 4.69) is 33.1 Å². The molecule has 2 N–H and O–H groups in total. The summed E-state index contributed by atoms with van der Waals surface area (Å²) >= 11 is 3.46. The van der Waals surface area contributed by atoms with Gasteiger partial charge in [0.1, 0.15) is 5.75 Å². The van der Waals surface area contributed by atoms with Crippen molar-refractivity contribution < 1.29 is 9.84 Å². The number of nitrogens with zero attached hydrogens (tertiary/aromatic N) is 1. The molecule has 0 saturated carbocycles. The first-order valence-electron chi connectivity index (χ1n) is 7.22. The number of ether oxygens (including phenoxy) is 1. The third-order valence-electron chi connectivity index (χ3n) is 3.70. The Morgan fingerprint density at radius 2 is 2.15 bits per heavy atom. The highest BCUT2D eigenvalue weighted by molar-refractivity contribution is 9.10. The molecule has 0 aromatic heterocycles. The molecule has 1 fully saturated rings. The van der Waals surface area contributed by atoms with E-state index >= 15 is 0 Å². The van der Waals surface area contributed by atoms with Crippen LogP contribution in [-0.4, -0.2) is 49.4 Å². The maximum atomic E-state index is 10.00. The summed E-state index contributed by atoms with van der Waals surface area (Å²) in [5, 5.41) is 13.5. The highest BCUT2D eigenvalue weighted by Gasteiger charge is 2.15. The first-order chi connectivity index (χ1) is 9.70. The standard InChI is InChI=1S/C15H23BrN2O2/c1-2-14(13-11-12(16)3-4-15(13)19)17-5-6-18-7-9-20-10-8-18/h3-4,11,14,17,19H,2,5-10H2,1H3. The molecule has 1 aliphatic rings. The summed E-state index contributed by atoms with van der Waals surface area (Å²) in [6.07, 6.45) is 0.952. The van der Waals surface area contributed by atoms with Crippen LogP contribution >= 0.6 is 15.9 Å². The molecule has 1 atom stereocenters. The van der Waals surface area contributed by atoms with Gasteiger partial charge in [-0.2, -0.15) is 0 Å². The van der Waals surface area contributed by atoms with Gasteiger partial charge in [0.2, 0.25) is 0 Å². The molecule has 0 spiro atoms. The van der Waals surface area contributed by atoms with Gasteiger partial charge in [-0.1, -0.05) is 22.9 Å². The Bertz CT molecular complexity index is 422. The van der Waals surface area contributed by atoms with Crippen LogP contribution in [0.5, 0.6) is 5.75 Å². The summed E-state index contributed by atoms with van der Waals surface area (Å²) in [6, 6.07) is 5.78. The lowest BCUT2D eigenvalue weighted by atomic mass is 10.0.